The van der Waals surface area contributed by atoms with Crippen molar-refractivity contribution in [1.82, 2.24) is 16.1 Å². The number of halogens is 1. The van der Waals surface area contributed by atoms with E-state index < -0.39 is 36.8 Å². The molecule has 0 aliphatic carbocycles. The zero-order valence-corrected chi connectivity index (χ0v) is 25.4. The zero-order valence-electron chi connectivity index (χ0n) is 23.2. The van der Waals surface area contributed by atoms with E-state index in [2.05, 4.69) is 21.2 Å². The van der Waals surface area contributed by atoms with E-state index in [4.69, 9.17) is 28.8 Å². The quantitative estimate of drug-likeness (QED) is 0.0641. The summed E-state index contributed by atoms with van der Waals surface area (Å²) in [6.07, 6.45) is 0.242. The Kier molecular flexibility index (Phi) is 11.6. The van der Waals surface area contributed by atoms with Crippen molar-refractivity contribution < 1.29 is 48.3 Å². The first kappa shape index (κ1) is 32.3. The molecule has 5 N–H and O–H groups in total. The molecule has 0 saturated carbocycles. The number of amides is 2. The number of allylic oxidation sites excluding steroid dienone is 1. The molecule has 2 aromatic rings. The van der Waals surface area contributed by atoms with Gasteiger partial charge in [0.1, 0.15) is 6.61 Å². The van der Waals surface area contributed by atoms with Gasteiger partial charge in [0.05, 0.1) is 42.2 Å². The van der Waals surface area contributed by atoms with Crippen LogP contribution in [0.5, 0.6) is 23.0 Å². The highest BCUT2D eigenvalue weighted by atomic mass is 127. The monoisotopic (exact) mass is 698 g/mol. The lowest BCUT2D eigenvalue weighted by molar-refractivity contribution is -0.139. The minimum Gasteiger partial charge on any atom is -0.493 e. The minimum atomic E-state index is -1.20. The third-order valence-corrected chi connectivity index (χ3v) is 6.50. The summed E-state index contributed by atoms with van der Waals surface area (Å²) in [4.78, 5) is 35.3. The zero-order chi connectivity index (χ0) is 30.8. The number of benzene rings is 2. The number of esters is 1. The molecule has 0 bridgehead atoms. The van der Waals surface area contributed by atoms with Gasteiger partial charge in [-0.2, -0.15) is 5.10 Å². The number of urea groups is 1. The van der Waals surface area contributed by atoms with Gasteiger partial charge in [-0.1, -0.05) is 6.07 Å². The number of rotatable bonds is 14. The number of hydrogen-bond donors (Lipinski definition) is 5. The van der Waals surface area contributed by atoms with Gasteiger partial charge in [0.25, 0.3) is 0 Å². The van der Waals surface area contributed by atoms with Crippen molar-refractivity contribution in [2.45, 2.75) is 26.1 Å². The lowest BCUT2D eigenvalue weighted by Gasteiger charge is -2.28. The Labute approximate surface area is 255 Å². The van der Waals surface area contributed by atoms with Crippen LogP contribution in [0.1, 0.15) is 31.0 Å². The van der Waals surface area contributed by atoms with Crippen LogP contribution in [0.2, 0.25) is 0 Å². The number of carbonyl (C=O) groups excluding carboxylic acids is 2. The maximum atomic E-state index is 12.4. The van der Waals surface area contributed by atoms with Gasteiger partial charge in [-0.15, -0.1) is 0 Å². The molecule has 0 fully saturated rings. The van der Waals surface area contributed by atoms with Crippen LogP contribution in [0.25, 0.3) is 0 Å². The van der Waals surface area contributed by atoms with Gasteiger partial charge in [0.2, 0.25) is 0 Å². The van der Waals surface area contributed by atoms with Gasteiger partial charge in [-0.05, 0) is 71.8 Å². The molecule has 2 atom stereocenters. The maximum absolute atomic E-state index is 12.4. The predicted octanol–water partition coefficient (Wildman–Crippen LogP) is 2.28. The summed E-state index contributed by atoms with van der Waals surface area (Å²) in [5.74, 6) is -0.416. The summed E-state index contributed by atoms with van der Waals surface area (Å²) < 4.78 is 27.5. The van der Waals surface area contributed by atoms with Crippen LogP contribution in [0.3, 0.4) is 0 Å². The van der Waals surface area contributed by atoms with Crippen LogP contribution in [0.15, 0.2) is 46.7 Å². The molecule has 0 saturated heterocycles. The molecule has 226 valence electrons. The Morgan fingerprint density at radius 2 is 1.90 bits per heavy atom. The van der Waals surface area contributed by atoms with Crippen LogP contribution in [-0.4, -0.2) is 74.7 Å². The topological polar surface area (TPSA) is 186 Å². The van der Waals surface area contributed by atoms with Gasteiger partial charge >= 0.3 is 18.0 Å². The molecule has 0 spiro atoms. The molecule has 2 amide bonds. The third kappa shape index (κ3) is 8.39. The molecule has 1 heterocycles. The number of ether oxygens (including phenoxy) is 5. The number of hydrogen-bond acceptors (Lipinski definition) is 11. The highest BCUT2D eigenvalue weighted by molar-refractivity contribution is 14.1. The molecule has 14 nitrogen and oxygen atoms in total. The first-order valence-corrected chi connectivity index (χ1v) is 13.6. The Hall–Kier alpha value is -4.25. The number of carboxylic acids is 1. The molecule has 1 aliphatic heterocycles. The van der Waals surface area contributed by atoms with Crippen LogP contribution >= 0.6 is 22.6 Å². The van der Waals surface area contributed by atoms with E-state index in [1.807, 2.05) is 22.6 Å². The Bertz CT molecular complexity index is 1380. The van der Waals surface area contributed by atoms with Gasteiger partial charge < -0.3 is 44.5 Å². The van der Waals surface area contributed by atoms with Crippen molar-refractivity contribution in [2.75, 3.05) is 34.0 Å². The number of carboxylic acid groups (broad SMARTS) is 1. The van der Waals surface area contributed by atoms with Crippen molar-refractivity contribution in [3.8, 4) is 23.0 Å². The second kappa shape index (κ2) is 15.1. The minimum absolute atomic E-state index is 0.198. The molecule has 3 rings (SSSR count). The molecule has 0 unspecified atom stereocenters. The molecule has 0 radical (unpaired) electrons. The summed E-state index contributed by atoms with van der Waals surface area (Å²) in [6.45, 7) is 3.00. The van der Waals surface area contributed by atoms with E-state index in [9.17, 15) is 19.5 Å². The molecule has 42 heavy (non-hydrogen) atoms. The van der Waals surface area contributed by atoms with Gasteiger partial charge in [-0.3, -0.25) is 5.43 Å². The van der Waals surface area contributed by atoms with Crippen LogP contribution in [-0.2, 0) is 14.3 Å². The fraction of sp³-hybridized carbons (Fsp3) is 0.333. The summed E-state index contributed by atoms with van der Waals surface area (Å²) in [6, 6.07) is 6.99. The van der Waals surface area contributed by atoms with Gasteiger partial charge in [0.15, 0.2) is 35.8 Å². The summed E-state index contributed by atoms with van der Waals surface area (Å²) in [5.41, 5.74) is 4.35. The molecule has 0 aromatic heterocycles. The van der Waals surface area contributed by atoms with E-state index in [1.54, 1.807) is 44.2 Å². The maximum Gasteiger partial charge on any atom is 0.341 e. The lowest BCUT2D eigenvalue weighted by Crippen LogP contribution is -2.45. The van der Waals surface area contributed by atoms with Crippen molar-refractivity contribution in [3.05, 3.63) is 56.3 Å². The summed E-state index contributed by atoms with van der Waals surface area (Å²) in [5, 5.41) is 28.5. The number of methoxy groups -OCH3 is 2. The van der Waals surface area contributed by atoms with Crippen LogP contribution in [0.4, 0.5) is 4.79 Å². The van der Waals surface area contributed by atoms with Crippen molar-refractivity contribution in [1.29, 1.82) is 0 Å². The van der Waals surface area contributed by atoms with Crippen molar-refractivity contribution >= 4 is 46.8 Å². The third-order valence-electron chi connectivity index (χ3n) is 5.70. The number of aliphatic hydroxyl groups is 1. The number of aliphatic carboxylic acids is 1. The molecule has 15 heteroatoms. The SMILES string of the molecule is CCOc1cc([C@@H]2NC(=O)NC(C)=C2C(=O)OC)ccc1OC[C@@H](O)N/N=C\c1cc(I)c(OCC(=O)O)c(OC)c1. The smallest absolute Gasteiger partial charge is 0.341 e. The van der Waals surface area contributed by atoms with E-state index >= 15 is 0 Å². The molecule has 2 aromatic carbocycles. The normalized spacial score (nSPS) is 15.4. The standard InChI is InChI=1S/C27H31IN4O10/c1-5-40-19-10-16(24-23(26(36)39-4)14(2)30-27(37)31-24)6-7-18(19)41-12-21(33)32-29-11-15-8-17(28)25(20(9-15)38-3)42-13-22(34)35/h6-11,21,24,32-33H,5,12-13H2,1-4H3,(H,34,35)(H2,30,31,37)/b29-11-/t21-,24+/m1/s1. The largest absolute Gasteiger partial charge is 0.493 e. The number of aliphatic hydroxyl groups excluding tert-OH is 1. The predicted molar refractivity (Wildman–Crippen MR) is 158 cm³/mol. The summed E-state index contributed by atoms with van der Waals surface area (Å²) >= 11 is 1.99. The highest BCUT2D eigenvalue weighted by Crippen LogP contribution is 2.35. The average Bonchev–Trinajstić information content (AvgIpc) is 2.94. The number of hydrazone groups is 1. The molecule has 1 aliphatic rings. The van der Waals surface area contributed by atoms with E-state index in [-0.39, 0.29) is 12.2 Å². The highest BCUT2D eigenvalue weighted by Gasteiger charge is 2.32. The van der Waals surface area contributed by atoms with Gasteiger partial charge in [-0.25, -0.2) is 14.4 Å². The fourth-order valence-electron chi connectivity index (χ4n) is 3.91. The summed E-state index contributed by atoms with van der Waals surface area (Å²) in [7, 11) is 2.69. The second-order valence-corrected chi connectivity index (χ2v) is 9.79. The second-order valence-electron chi connectivity index (χ2n) is 8.63. The average molecular weight is 698 g/mol. The lowest BCUT2D eigenvalue weighted by atomic mass is 9.95. The number of nitrogens with zero attached hydrogens (tertiary/aromatic N) is 1. The molecular formula is C27H31IN4O10. The van der Waals surface area contributed by atoms with E-state index in [0.717, 1.165) is 0 Å². The van der Waals surface area contributed by atoms with E-state index in [0.29, 0.717) is 50.0 Å². The van der Waals surface area contributed by atoms with Crippen LogP contribution < -0.4 is 35.0 Å². The Morgan fingerprint density at radius 3 is 2.57 bits per heavy atom. The van der Waals surface area contributed by atoms with E-state index in [1.165, 1.54) is 20.4 Å². The van der Waals surface area contributed by atoms with Gasteiger partial charge in [0, 0.05) is 5.70 Å². The Balaban J connectivity index is 1.68. The first-order valence-electron chi connectivity index (χ1n) is 12.5. The molecular weight excluding hydrogens is 667 g/mol. The number of nitrogens with one attached hydrogen (secondary N) is 3. The fourth-order valence-corrected chi connectivity index (χ4v) is 4.69. The number of carbonyl (C=O) groups is 3. The first-order chi connectivity index (χ1) is 20.1. The van der Waals surface area contributed by atoms with Crippen molar-refractivity contribution in [3.63, 3.8) is 0 Å². The van der Waals surface area contributed by atoms with Crippen molar-refractivity contribution in [2.24, 2.45) is 5.10 Å². The van der Waals surface area contributed by atoms with Crippen LogP contribution in [0, 0.1) is 3.57 Å². The Morgan fingerprint density at radius 1 is 1.14 bits per heavy atom.